The van der Waals surface area contributed by atoms with E-state index in [1.165, 1.54) is 19.3 Å². The molecule has 1 aliphatic rings. The Labute approximate surface area is 90.6 Å². The van der Waals surface area contributed by atoms with Crippen LogP contribution in [0.3, 0.4) is 0 Å². The molecule has 0 amide bonds. The summed E-state index contributed by atoms with van der Waals surface area (Å²) in [5, 5.41) is 3.47. The lowest BCUT2D eigenvalue weighted by Gasteiger charge is -2.23. The minimum Gasteiger partial charge on any atom is -0.374 e. The fourth-order valence-electron chi connectivity index (χ4n) is 1.90. The molecule has 1 unspecified atom stereocenters. The van der Waals surface area contributed by atoms with Crippen LogP contribution in [0.25, 0.3) is 0 Å². The Bertz CT molecular complexity index is 292. The van der Waals surface area contributed by atoms with Gasteiger partial charge < -0.3 is 14.6 Å². The number of imidazole rings is 1. The highest BCUT2D eigenvalue weighted by atomic mass is 16.5. The van der Waals surface area contributed by atoms with E-state index < -0.39 is 0 Å². The number of aromatic nitrogens is 2. The molecule has 84 valence electrons. The molecule has 1 N–H and O–H groups in total. The third-order valence-corrected chi connectivity index (χ3v) is 2.90. The van der Waals surface area contributed by atoms with Crippen molar-refractivity contribution < 1.29 is 4.74 Å². The van der Waals surface area contributed by atoms with Gasteiger partial charge in [0, 0.05) is 13.1 Å². The molecule has 15 heavy (non-hydrogen) atoms. The van der Waals surface area contributed by atoms with Gasteiger partial charge in [-0.25, -0.2) is 4.98 Å². The number of piperidine rings is 1. The average molecular weight is 209 g/mol. The standard InChI is InChI=1S/C11H19N3O/c1-14-9-12-6-11(14)8-15-7-10-4-2-3-5-13-10/h6,9-10,13H,2-5,7-8H2,1H3. The summed E-state index contributed by atoms with van der Waals surface area (Å²) in [5.41, 5.74) is 1.13. The Balaban J connectivity index is 1.68. The molecule has 0 radical (unpaired) electrons. The number of ether oxygens (including phenoxy) is 1. The summed E-state index contributed by atoms with van der Waals surface area (Å²) < 4.78 is 7.67. The first-order valence-corrected chi connectivity index (χ1v) is 5.62. The van der Waals surface area contributed by atoms with E-state index in [0.717, 1.165) is 18.8 Å². The average Bonchev–Trinajstić information content (AvgIpc) is 2.66. The van der Waals surface area contributed by atoms with Crippen LogP contribution in [0.1, 0.15) is 25.0 Å². The molecular weight excluding hydrogens is 190 g/mol. The summed E-state index contributed by atoms with van der Waals surface area (Å²) in [6, 6.07) is 0.548. The number of nitrogens with zero attached hydrogens (tertiary/aromatic N) is 2. The predicted octanol–water partition coefficient (Wildman–Crippen LogP) is 1.08. The minimum absolute atomic E-state index is 0.548. The van der Waals surface area contributed by atoms with Gasteiger partial charge in [0.2, 0.25) is 0 Å². The van der Waals surface area contributed by atoms with Crippen LogP contribution in [-0.2, 0) is 18.4 Å². The van der Waals surface area contributed by atoms with Gasteiger partial charge in [0.05, 0.1) is 31.4 Å². The van der Waals surface area contributed by atoms with Gasteiger partial charge in [0.15, 0.2) is 0 Å². The normalized spacial score (nSPS) is 21.8. The molecule has 1 aromatic heterocycles. The van der Waals surface area contributed by atoms with Crippen molar-refractivity contribution in [3.05, 3.63) is 18.2 Å². The summed E-state index contributed by atoms with van der Waals surface area (Å²) in [4.78, 5) is 4.05. The molecule has 2 rings (SSSR count). The van der Waals surface area contributed by atoms with E-state index in [2.05, 4.69) is 10.3 Å². The van der Waals surface area contributed by atoms with Crippen LogP contribution < -0.4 is 5.32 Å². The zero-order valence-electron chi connectivity index (χ0n) is 9.28. The third-order valence-electron chi connectivity index (χ3n) is 2.90. The molecule has 0 aromatic carbocycles. The molecule has 4 heteroatoms. The summed E-state index contributed by atoms with van der Waals surface area (Å²) in [7, 11) is 1.99. The second-order valence-electron chi connectivity index (χ2n) is 4.16. The van der Waals surface area contributed by atoms with Crippen molar-refractivity contribution in [3.8, 4) is 0 Å². The van der Waals surface area contributed by atoms with Crippen molar-refractivity contribution in [3.63, 3.8) is 0 Å². The molecule has 1 aliphatic heterocycles. The van der Waals surface area contributed by atoms with Crippen LogP contribution in [0, 0.1) is 0 Å². The van der Waals surface area contributed by atoms with Gasteiger partial charge in [-0.3, -0.25) is 0 Å². The molecule has 2 heterocycles. The van der Waals surface area contributed by atoms with Crippen LogP contribution in [-0.4, -0.2) is 28.7 Å². The van der Waals surface area contributed by atoms with Gasteiger partial charge in [0.1, 0.15) is 0 Å². The molecule has 0 aliphatic carbocycles. The minimum atomic E-state index is 0.548. The van der Waals surface area contributed by atoms with Gasteiger partial charge in [0.25, 0.3) is 0 Å². The number of rotatable bonds is 4. The molecule has 1 atom stereocenters. The van der Waals surface area contributed by atoms with E-state index in [0.29, 0.717) is 12.6 Å². The van der Waals surface area contributed by atoms with Gasteiger partial charge in [-0.05, 0) is 19.4 Å². The number of hydrogen-bond donors (Lipinski definition) is 1. The van der Waals surface area contributed by atoms with Crippen molar-refractivity contribution in [2.24, 2.45) is 7.05 Å². The topological polar surface area (TPSA) is 39.1 Å². The zero-order valence-corrected chi connectivity index (χ0v) is 9.28. The monoisotopic (exact) mass is 209 g/mol. The summed E-state index contributed by atoms with van der Waals surface area (Å²) in [6.07, 6.45) is 7.53. The first-order chi connectivity index (χ1) is 7.36. The molecular formula is C11H19N3O. The maximum Gasteiger partial charge on any atom is 0.0946 e. The first-order valence-electron chi connectivity index (χ1n) is 5.62. The molecule has 0 spiro atoms. The zero-order chi connectivity index (χ0) is 10.5. The Morgan fingerprint density at radius 3 is 3.20 bits per heavy atom. The fourth-order valence-corrected chi connectivity index (χ4v) is 1.90. The van der Waals surface area contributed by atoms with Crippen molar-refractivity contribution in [2.45, 2.75) is 31.9 Å². The highest BCUT2D eigenvalue weighted by molar-refractivity contribution is 4.95. The highest BCUT2D eigenvalue weighted by Gasteiger charge is 2.12. The maximum atomic E-state index is 5.68. The van der Waals surface area contributed by atoms with Gasteiger partial charge in [-0.2, -0.15) is 0 Å². The SMILES string of the molecule is Cn1cncc1COCC1CCCCN1. The molecule has 1 fully saturated rings. The van der Waals surface area contributed by atoms with Gasteiger partial charge in [-0.1, -0.05) is 6.42 Å². The number of aryl methyl sites for hydroxylation is 1. The van der Waals surface area contributed by atoms with Gasteiger partial charge in [-0.15, -0.1) is 0 Å². The lowest BCUT2D eigenvalue weighted by Crippen LogP contribution is -2.37. The molecule has 4 nitrogen and oxygen atoms in total. The van der Waals surface area contributed by atoms with E-state index in [4.69, 9.17) is 4.74 Å². The Kier molecular flexibility index (Phi) is 3.75. The molecule has 0 saturated carbocycles. The van der Waals surface area contributed by atoms with Crippen LogP contribution in [0.5, 0.6) is 0 Å². The quantitative estimate of drug-likeness (QED) is 0.806. The van der Waals surface area contributed by atoms with Crippen molar-refractivity contribution >= 4 is 0 Å². The Morgan fingerprint density at radius 1 is 1.60 bits per heavy atom. The third kappa shape index (κ3) is 3.04. The fraction of sp³-hybridized carbons (Fsp3) is 0.727. The predicted molar refractivity (Wildman–Crippen MR) is 58.5 cm³/mol. The highest BCUT2D eigenvalue weighted by Crippen LogP contribution is 2.08. The van der Waals surface area contributed by atoms with E-state index >= 15 is 0 Å². The number of hydrogen-bond acceptors (Lipinski definition) is 3. The lowest BCUT2D eigenvalue weighted by atomic mass is 10.1. The van der Waals surface area contributed by atoms with Crippen molar-refractivity contribution in [1.82, 2.24) is 14.9 Å². The molecule has 1 aromatic rings. The molecule has 1 saturated heterocycles. The summed E-state index contributed by atoms with van der Waals surface area (Å²) >= 11 is 0. The second kappa shape index (κ2) is 5.28. The lowest BCUT2D eigenvalue weighted by molar-refractivity contribution is 0.0876. The largest absolute Gasteiger partial charge is 0.374 e. The van der Waals surface area contributed by atoms with E-state index in [9.17, 15) is 0 Å². The summed E-state index contributed by atoms with van der Waals surface area (Å²) in [5.74, 6) is 0. The second-order valence-corrected chi connectivity index (χ2v) is 4.16. The Morgan fingerprint density at radius 2 is 2.53 bits per heavy atom. The molecule has 0 bridgehead atoms. The first kappa shape index (κ1) is 10.6. The van der Waals surface area contributed by atoms with E-state index in [1.807, 2.05) is 17.8 Å². The van der Waals surface area contributed by atoms with E-state index in [-0.39, 0.29) is 0 Å². The van der Waals surface area contributed by atoms with Crippen LogP contribution >= 0.6 is 0 Å². The smallest absolute Gasteiger partial charge is 0.0946 e. The van der Waals surface area contributed by atoms with Gasteiger partial charge >= 0.3 is 0 Å². The van der Waals surface area contributed by atoms with Crippen molar-refractivity contribution in [2.75, 3.05) is 13.2 Å². The van der Waals surface area contributed by atoms with E-state index in [1.54, 1.807) is 6.33 Å². The van der Waals surface area contributed by atoms with Crippen LogP contribution in [0.2, 0.25) is 0 Å². The maximum absolute atomic E-state index is 5.68. The van der Waals surface area contributed by atoms with Crippen molar-refractivity contribution in [1.29, 1.82) is 0 Å². The number of nitrogens with one attached hydrogen (secondary N) is 1. The van der Waals surface area contributed by atoms with Crippen LogP contribution in [0.4, 0.5) is 0 Å². The Hall–Kier alpha value is -0.870. The van der Waals surface area contributed by atoms with Crippen LogP contribution in [0.15, 0.2) is 12.5 Å². The summed E-state index contributed by atoms with van der Waals surface area (Å²) in [6.45, 7) is 2.61.